The molecule has 0 fully saturated rings. The van der Waals surface area contributed by atoms with Crippen LogP contribution in [0.5, 0.6) is 0 Å². The van der Waals surface area contributed by atoms with Crippen molar-refractivity contribution in [3.05, 3.63) is 24.4 Å². The molecule has 0 radical (unpaired) electrons. The van der Waals surface area contributed by atoms with Gasteiger partial charge in [0.2, 0.25) is 0 Å². The van der Waals surface area contributed by atoms with E-state index in [-0.39, 0.29) is 0 Å². The first-order valence-corrected chi connectivity index (χ1v) is 9.46. The third kappa shape index (κ3) is 10.3. The lowest BCUT2D eigenvalue weighted by Crippen LogP contribution is -1.85. The maximum Gasteiger partial charge on any atom is 0.0959 e. The molecule has 20 heavy (non-hydrogen) atoms. The van der Waals surface area contributed by atoms with E-state index in [1.54, 1.807) is 0 Å². The molecule has 1 nitrogen and oxygen atoms in total. The third-order valence-corrected chi connectivity index (χ3v) is 4.67. The average Bonchev–Trinajstić information content (AvgIpc) is 2.49. The average molecular weight is 294 g/mol. The number of rotatable bonds is 13. The second kappa shape index (κ2) is 13.5. The van der Waals surface area contributed by atoms with Crippen LogP contribution in [0.2, 0.25) is 0 Å². The van der Waals surface area contributed by atoms with E-state index in [2.05, 4.69) is 24.0 Å². The molecule has 0 bridgehead atoms. The lowest BCUT2D eigenvalue weighted by Gasteiger charge is -2.03. The zero-order valence-corrected chi connectivity index (χ0v) is 14.0. The van der Waals surface area contributed by atoms with Crippen LogP contribution in [-0.4, -0.2) is 10.7 Å². The van der Waals surface area contributed by atoms with Crippen molar-refractivity contribution >= 4 is 11.8 Å². The summed E-state index contributed by atoms with van der Waals surface area (Å²) >= 11 is 1.89. The number of nitrogens with zero attached hydrogens (tertiary/aromatic N) is 1. The smallest absolute Gasteiger partial charge is 0.0959 e. The van der Waals surface area contributed by atoms with Crippen LogP contribution in [0.4, 0.5) is 0 Å². The second-order valence-electron chi connectivity index (χ2n) is 5.55. The van der Waals surface area contributed by atoms with Gasteiger partial charge in [-0.1, -0.05) is 77.2 Å². The van der Waals surface area contributed by atoms with Crippen molar-refractivity contribution in [3.8, 4) is 0 Å². The van der Waals surface area contributed by atoms with E-state index in [1.807, 2.05) is 24.0 Å². The Kier molecular flexibility index (Phi) is 11.8. The van der Waals surface area contributed by atoms with Crippen molar-refractivity contribution < 1.29 is 0 Å². The number of unbranched alkanes of at least 4 members (excludes halogenated alkanes) is 10. The Morgan fingerprint density at radius 3 is 1.95 bits per heavy atom. The molecule has 1 aromatic heterocycles. The Balaban J connectivity index is 1.77. The molecule has 0 atom stereocenters. The summed E-state index contributed by atoms with van der Waals surface area (Å²) in [5.74, 6) is 1.22. The summed E-state index contributed by atoms with van der Waals surface area (Å²) in [6.07, 6.45) is 17.5. The number of aromatic nitrogens is 1. The summed E-state index contributed by atoms with van der Waals surface area (Å²) in [4.78, 5) is 4.33. The molecule has 114 valence electrons. The van der Waals surface area contributed by atoms with E-state index in [4.69, 9.17) is 0 Å². The van der Waals surface area contributed by atoms with Crippen molar-refractivity contribution in [1.29, 1.82) is 0 Å². The van der Waals surface area contributed by atoms with Crippen molar-refractivity contribution in [3.63, 3.8) is 0 Å². The summed E-state index contributed by atoms with van der Waals surface area (Å²) in [5.41, 5.74) is 0. The Hall–Kier alpha value is -0.500. The summed E-state index contributed by atoms with van der Waals surface area (Å²) < 4.78 is 0. The number of pyridine rings is 1. The maximum atomic E-state index is 4.33. The summed E-state index contributed by atoms with van der Waals surface area (Å²) in [6, 6.07) is 6.14. The normalized spacial score (nSPS) is 10.8. The van der Waals surface area contributed by atoms with Crippen LogP contribution >= 0.6 is 11.8 Å². The molecule has 1 aromatic rings. The highest BCUT2D eigenvalue weighted by molar-refractivity contribution is 7.99. The van der Waals surface area contributed by atoms with E-state index in [1.165, 1.54) is 81.4 Å². The molecule has 1 rings (SSSR count). The van der Waals surface area contributed by atoms with Crippen molar-refractivity contribution in [2.24, 2.45) is 0 Å². The Bertz CT molecular complexity index is 300. The van der Waals surface area contributed by atoms with Crippen molar-refractivity contribution in [2.75, 3.05) is 5.75 Å². The Morgan fingerprint density at radius 2 is 1.40 bits per heavy atom. The molecule has 0 aliphatic rings. The van der Waals surface area contributed by atoms with Crippen molar-refractivity contribution in [1.82, 2.24) is 4.98 Å². The Morgan fingerprint density at radius 1 is 0.800 bits per heavy atom. The van der Waals surface area contributed by atoms with Gasteiger partial charge in [-0.15, -0.1) is 11.8 Å². The van der Waals surface area contributed by atoms with E-state index in [9.17, 15) is 0 Å². The summed E-state index contributed by atoms with van der Waals surface area (Å²) in [6.45, 7) is 2.28. The standard InChI is InChI=1S/C18H31NS/c1-2-3-4-5-6-7-8-9-10-11-14-17-20-18-15-12-13-16-19-18/h12-13,15-16H,2-11,14,17H2,1H3. The minimum Gasteiger partial charge on any atom is -0.250 e. The zero-order valence-electron chi connectivity index (χ0n) is 13.2. The van der Waals surface area contributed by atoms with Gasteiger partial charge in [-0.25, -0.2) is 4.98 Å². The van der Waals surface area contributed by atoms with Gasteiger partial charge in [-0.3, -0.25) is 0 Å². The minimum atomic E-state index is 1.17. The van der Waals surface area contributed by atoms with Gasteiger partial charge in [0.05, 0.1) is 5.03 Å². The van der Waals surface area contributed by atoms with Crippen molar-refractivity contribution in [2.45, 2.75) is 82.6 Å². The molecular formula is C18H31NS. The van der Waals surface area contributed by atoms with Gasteiger partial charge in [-0.2, -0.15) is 0 Å². The first-order valence-electron chi connectivity index (χ1n) is 8.47. The molecule has 0 aromatic carbocycles. The predicted molar refractivity (Wildman–Crippen MR) is 91.4 cm³/mol. The van der Waals surface area contributed by atoms with E-state index in [0.29, 0.717) is 0 Å². The molecule has 2 heteroatoms. The molecular weight excluding hydrogens is 262 g/mol. The number of hydrogen-bond acceptors (Lipinski definition) is 2. The lowest BCUT2D eigenvalue weighted by molar-refractivity contribution is 0.555. The van der Waals surface area contributed by atoms with Crippen LogP contribution in [-0.2, 0) is 0 Å². The van der Waals surface area contributed by atoms with Crippen LogP contribution in [0, 0.1) is 0 Å². The molecule has 1 heterocycles. The lowest BCUT2D eigenvalue weighted by atomic mass is 10.1. The molecule has 0 N–H and O–H groups in total. The van der Waals surface area contributed by atoms with E-state index >= 15 is 0 Å². The van der Waals surface area contributed by atoms with Gasteiger partial charge in [0.25, 0.3) is 0 Å². The second-order valence-corrected chi connectivity index (χ2v) is 6.67. The highest BCUT2D eigenvalue weighted by atomic mass is 32.2. The van der Waals surface area contributed by atoms with Gasteiger partial charge in [0.15, 0.2) is 0 Å². The SMILES string of the molecule is CCCCCCCCCCCCCSc1ccccn1. The molecule has 0 saturated carbocycles. The summed E-state index contributed by atoms with van der Waals surface area (Å²) in [5, 5.41) is 1.17. The first kappa shape index (κ1) is 17.6. The largest absolute Gasteiger partial charge is 0.250 e. The summed E-state index contributed by atoms with van der Waals surface area (Å²) in [7, 11) is 0. The quantitative estimate of drug-likeness (QED) is 0.305. The molecule has 0 unspecified atom stereocenters. The van der Waals surface area contributed by atoms with Gasteiger partial charge in [0, 0.05) is 6.20 Å². The van der Waals surface area contributed by atoms with Crippen LogP contribution in [0.3, 0.4) is 0 Å². The zero-order chi connectivity index (χ0) is 14.3. The van der Waals surface area contributed by atoms with Gasteiger partial charge in [0.1, 0.15) is 0 Å². The third-order valence-electron chi connectivity index (χ3n) is 3.64. The number of thioether (sulfide) groups is 1. The Labute approximate surface area is 130 Å². The van der Waals surface area contributed by atoms with Crippen LogP contribution in [0.1, 0.15) is 77.6 Å². The van der Waals surface area contributed by atoms with Gasteiger partial charge >= 0.3 is 0 Å². The fraction of sp³-hybridized carbons (Fsp3) is 0.722. The monoisotopic (exact) mass is 293 g/mol. The first-order chi connectivity index (χ1) is 9.93. The fourth-order valence-electron chi connectivity index (χ4n) is 2.38. The van der Waals surface area contributed by atoms with Gasteiger partial charge in [-0.05, 0) is 24.3 Å². The maximum absolute atomic E-state index is 4.33. The number of hydrogen-bond donors (Lipinski definition) is 0. The van der Waals surface area contributed by atoms with E-state index < -0.39 is 0 Å². The highest BCUT2D eigenvalue weighted by Gasteiger charge is 1.95. The van der Waals surface area contributed by atoms with Crippen LogP contribution in [0.15, 0.2) is 29.4 Å². The predicted octanol–water partition coefficient (Wildman–Crippen LogP) is 6.48. The molecule has 0 amide bonds. The van der Waals surface area contributed by atoms with Gasteiger partial charge < -0.3 is 0 Å². The topological polar surface area (TPSA) is 12.9 Å². The minimum absolute atomic E-state index is 1.17. The molecule has 0 spiro atoms. The fourth-order valence-corrected chi connectivity index (χ4v) is 3.24. The molecule has 0 saturated heterocycles. The highest BCUT2D eigenvalue weighted by Crippen LogP contribution is 2.17. The molecule has 0 aliphatic carbocycles. The molecule has 0 aliphatic heterocycles. The van der Waals surface area contributed by atoms with Crippen LogP contribution in [0.25, 0.3) is 0 Å². The van der Waals surface area contributed by atoms with E-state index in [0.717, 1.165) is 0 Å². The van der Waals surface area contributed by atoms with Crippen LogP contribution < -0.4 is 0 Å².